The number of hydrogen-bond acceptors (Lipinski definition) is 4. The second-order valence-electron chi connectivity index (χ2n) is 8.12. The molecule has 4 aromatic rings. The van der Waals surface area contributed by atoms with Gasteiger partial charge >= 0.3 is 5.97 Å². The van der Waals surface area contributed by atoms with Gasteiger partial charge in [0.25, 0.3) is 0 Å². The van der Waals surface area contributed by atoms with Gasteiger partial charge in [-0.3, -0.25) is 9.48 Å². The summed E-state index contributed by atoms with van der Waals surface area (Å²) in [4.78, 5) is 11.9. The van der Waals surface area contributed by atoms with E-state index in [9.17, 15) is 4.79 Å². The van der Waals surface area contributed by atoms with Crippen molar-refractivity contribution in [2.45, 2.75) is 39.8 Å². The maximum absolute atomic E-state index is 11.9. The molecule has 0 N–H and O–H groups in total. The van der Waals surface area contributed by atoms with Crippen LogP contribution in [0.2, 0.25) is 0 Å². The van der Waals surface area contributed by atoms with E-state index in [1.54, 1.807) is 6.92 Å². The van der Waals surface area contributed by atoms with Crippen molar-refractivity contribution in [3.05, 3.63) is 82.3 Å². The van der Waals surface area contributed by atoms with E-state index >= 15 is 0 Å². The van der Waals surface area contributed by atoms with E-state index in [4.69, 9.17) is 14.6 Å². The van der Waals surface area contributed by atoms with Gasteiger partial charge in [-0.25, -0.2) is 0 Å². The number of benzene rings is 3. The van der Waals surface area contributed by atoms with Crippen molar-refractivity contribution in [1.29, 1.82) is 0 Å². The molecule has 0 radical (unpaired) electrons. The Labute approximate surface area is 202 Å². The zero-order valence-electron chi connectivity index (χ0n) is 19.0. The van der Waals surface area contributed by atoms with Crippen LogP contribution in [-0.2, 0) is 22.6 Å². The van der Waals surface area contributed by atoms with E-state index in [2.05, 4.69) is 70.9 Å². The standard InChI is InChI=1S/C27H27BrN2O3/c1-4-32-26(31)15-21-7-5-6-8-25(21)33-17-19-9-11-20(12-10-19)27-23-16-22(28)13-14-24(23)30(29-27)18(2)3/h5-14,16,18H,4,15,17H2,1-3H3. The average Bonchev–Trinajstić information content (AvgIpc) is 3.18. The summed E-state index contributed by atoms with van der Waals surface area (Å²) < 4.78 is 14.2. The predicted octanol–water partition coefficient (Wildman–Crippen LogP) is 6.73. The quantitative estimate of drug-likeness (QED) is 0.248. The van der Waals surface area contributed by atoms with Crippen LogP contribution < -0.4 is 4.74 Å². The van der Waals surface area contributed by atoms with Crippen LogP contribution in [0.4, 0.5) is 0 Å². The molecule has 0 aliphatic carbocycles. The number of nitrogens with zero attached hydrogens (tertiary/aromatic N) is 2. The molecule has 4 rings (SSSR count). The van der Waals surface area contributed by atoms with Crippen molar-refractivity contribution in [2.24, 2.45) is 0 Å². The molecule has 0 spiro atoms. The molecule has 1 heterocycles. The first-order valence-corrected chi connectivity index (χ1v) is 11.9. The van der Waals surface area contributed by atoms with E-state index in [0.717, 1.165) is 37.8 Å². The molecule has 0 aliphatic heterocycles. The van der Waals surface area contributed by atoms with Gasteiger partial charge in [0.2, 0.25) is 0 Å². The number of fused-ring (bicyclic) bond motifs is 1. The number of rotatable bonds is 8. The monoisotopic (exact) mass is 506 g/mol. The van der Waals surface area contributed by atoms with Crippen LogP contribution in [0.5, 0.6) is 5.75 Å². The minimum Gasteiger partial charge on any atom is -0.489 e. The van der Waals surface area contributed by atoms with Gasteiger partial charge in [0.15, 0.2) is 0 Å². The smallest absolute Gasteiger partial charge is 0.310 e. The first-order valence-electron chi connectivity index (χ1n) is 11.1. The number of ether oxygens (including phenoxy) is 2. The molecular weight excluding hydrogens is 480 g/mol. The maximum atomic E-state index is 11.9. The zero-order valence-corrected chi connectivity index (χ0v) is 20.6. The van der Waals surface area contributed by atoms with Crippen molar-refractivity contribution in [3.8, 4) is 17.0 Å². The van der Waals surface area contributed by atoms with E-state index in [-0.39, 0.29) is 18.4 Å². The minimum absolute atomic E-state index is 0.199. The second-order valence-corrected chi connectivity index (χ2v) is 9.04. The number of hydrogen-bond donors (Lipinski definition) is 0. The van der Waals surface area contributed by atoms with Gasteiger partial charge in [-0.15, -0.1) is 0 Å². The molecule has 0 saturated heterocycles. The largest absolute Gasteiger partial charge is 0.489 e. The summed E-state index contributed by atoms with van der Waals surface area (Å²) in [6.07, 6.45) is 0.199. The molecule has 5 nitrogen and oxygen atoms in total. The molecule has 0 unspecified atom stereocenters. The molecule has 0 saturated carbocycles. The van der Waals surface area contributed by atoms with Gasteiger partial charge in [0, 0.05) is 27.0 Å². The molecule has 0 fully saturated rings. The highest BCUT2D eigenvalue weighted by Crippen LogP contribution is 2.32. The van der Waals surface area contributed by atoms with Crippen LogP contribution in [0.15, 0.2) is 71.2 Å². The fourth-order valence-electron chi connectivity index (χ4n) is 3.80. The predicted molar refractivity (Wildman–Crippen MR) is 134 cm³/mol. The summed E-state index contributed by atoms with van der Waals surface area (Å²) in [6, 6.07) is 22.4. The molecule has 0 aliphatic rings. The van der Waals surface area contributed by atoms with Gasteiger partial charge in [0.05, 0.1) is 18.5 Å². The summed E-state index contributed by atoms with van der Waals surface area (Å²) >= 11 is 3.59. The second kappa shape index (κ2) is 10.2. The molecule has 0 atom stereocenters. The Morgan fingerprint density at radius 2 is 1.82 bits per heavy atom. The van der Waals surface area contributed by atoms with Crippen molar-refractivity contribution >= 4 is 32.8 Å². The number of carbonyl (C=O) groups excluding carboxylic acids is 1. The Kier molecular flexibility index (Phi) is 7.14. The van der Waals surface area contributed by atoms with Crippen molar-refractivity contribution in [1.82, 2.24) is 9.78 Å². The molecule has 0 bridgehead atoms. The van der Waals surface area contributed by atoms with Gasteiger partial charge in [0.1, 0.15) is 18.1 Å². The third-order valence-corrected chi connectivity index (χ3v) is 5.89. The molecule has 3 aromatic carbocycles. The summed E-state index contributed by atoms with van der Waals surface area (Å²) in [7, 11) is 0. The molecule has 33 heavy (non-hydrogen) atoms. The minimum atomic E-state index is -0.252. The Balaban J connectivity index is 1.53. The van der Waals surface area contributed by atoms with Crippen molar-refractivity contribution < 1.29 is 14.3 Å². The lowest BCUT2D eigenvalue weighted by Gasteiger charge is -2.11. The van der Waals surface area contributed by atoms with Crippen molar-refractivity contribution in [3.63, 3.8) is 0 Å². The highest BCUT2D eigenvalue weighted by Gasteiger charge is 2.15. The SMILES string of the molecule is CCOC(=O)Cc1ccccc1OCc1ccc(-c2nn(C(C)C)c3ccc(Br)cc23)cc1. The Bertz CT molecular complexity index is 1260. The van der Waals surface area contributed by atoms with Gasteiger partial charge in [-0.05, 0) is 50.6 Å². The van der Waals surface area contributed by atoms with Crippen molar-refractivity contribution in [2.75, 3.05) is 6.61 Å². The van der Waals surface area contributed by atoms with Gasteiger partial charge < -0.3 is 9.47 Å². The van der Waals surface area contributed by atoms with E-state index in [1.807, 2.05) is 30.3 Å². The number of esters is 1. The highest BCUT2D eigenvalue weighted by atomic mass is 79.9. The van der Waals surface area contributed by atoms with Gasteiger partial charge in [-0.2, -0.15) is 5.10 Å². The molecule has 1 aromatic heterocycles. The summed E-state index contributed by atoms with van der Waals surface area (Å²) in [5, 5.41) is 6.02. The van der Waals surface area contributed by atoms with Crippen LogP contribution in [0.25, 0.3) is 22.2 Å². The van der Waals surface area contributed by atoms with E-state index in [0.29, 0.717) is 19.0 Å². The summed E-state index contributed by atoms with van der Waals surface area (Å²) in [5.41, 5.74) is 5.01. The lowest BCUT2D eigenvalue weighted by Crippen LogP contribution is -2.09. The topological polar surface area (TPSA) is 53.4 Å². The molecule has 170 valence electrons. The fraction of sp³-hybridized carbons (Fsp3) is 0.259. The maximum Gasteiger partial charge on any atom is 0.310 e. The van der Waals surface area contributed by atoms with Crippen LogP contribution in [-0.4, -0.2) is 22.4 Å². The van der Waals surface area contributed by atoms with Crippen LogP contribution in [0.1, 0.15) is 37.9 Å². The summed E-state index contributed by atoms with van der Waals surface area (Å²) in [5.74, 6) is 0.443. The lowest BCUT2D eigenvalue weighted by molar-refractivity contribution is -0.142. The molecular formula is C27H27BrN2O3. The number of carbonyl (C=O) groups is 1. The van der Waals surface area contributed by atoms with Gasteiger partial charge in [-0.1, -0.05) is 58.4 Å². The fourth-order valence-corrected chi connectivity index (χ4v) is 4.16. The van der Waals surface area contributed by atoms with Crippen LogP contribution >= 0.6 is 15.9 Å². The number of aromatic nitrogens is 2. The third kappa shape index (κ3) is 5.28. The first kappa shape index (κ1) is 23.1. The summed E-state index contributed by atoms with van der Waals surface area (Å²) in [6.45, 7) is 6.86. The highest BCUT2D eigenvalue weighted by molar-refractivity contribution is 9.10. The zero-order chi connectivity index (χ0) is 23.4. The third-order valence-electron chi connectivity index (χ3n) is 5.39. The molecule has 0 amide bonds. The number of para-hydroxylation sites is 1. The van der Waals surface area contributed by atoms with E-state index in [1.165, 1.54) is 0 Å². The lowest BCUT2D eigenvalue weighted by atomic mass is 10.1. The number of halogens is 1. The molecule has 6 heteroatoms. The Morgan fingerprint density at radius 3 is 2.55 bits per heavy atom. The Morgan fingerprint density at radius 1 is 1.06 bits per heavy atom. The van der Waals surface area contributed by atoms with Crippen LogP contribution in [0.3, 0.4) is 0 Å². The van der Waals surface area contributed by atoms with E-state index < -0.39 is 0 Å². The first-order chi connectivity index (χ1) is 16.0. The Hall–Kier alpha value is -3.12. The average molecular weight is 507 g/mol. The normalized spacial score (nSPS) is 11.2. The van der Waals surface area contributed by atoms with Crippen LogP contribution in [0, 0.1) is 0 Å².